The van der Waals surface area contributed by atoms with Crippen LogP contribution in [0.5, 0.6) is 0 Å². The zero-order valence-corrected chi connectivity index (χ0v) is 15.2. The van der Waals surface area contributed by atoms with E-state index in [1.807, 2.05) is 0 Å². The predicted molar refractivity (Wildman–Crippen MR) is 91.2 cm³/mol. The number of hydrogen-bond acceptors (Lipinski definition) is 2. The molecule has 0 spiro atoms. The first kappa shape index (κ1) is 15.2. The molecule has 1 N–H and O–H groups in total. The van der Waals surface area contributed by atoms with E-state index < -0.39 is 0 Å². The van der Waals surface area contributed by atoms with Gasteiger partial charge in [-0.15, -0.1) is 11.3 Å². The van der Waals surface area contributed by atoms with Crippen LogP contribution in [-0.4, -0.2) is 6.54 Å². The first-order valence-electron chi connectivity index (χ1n) is 6.28. The lowest BCUT2D eigenvalue weighted by molar-refractivity contribution is 0.637. The van der Waals surface area contributed by atoms with E-state index in [1.54, 1.807) is 11.3 Å². The van der Waals surface area contributed by atoms with Crippen LogP contribution in [0.15, 0.2) is 32.5 Å². The van der Waals surface area contributed by atoms with E-state index in [1.165, 1.54) is 25.4 Å². The third kappa shape index (κ3) is 3.48. The van der Waals surface area contributed by atoms with Gasteiger partial charge in [0.15, 0.2) is 0 Å². The van der Waals surface area contributed by atoms with Gasteiger partial charge in [0.2, 0.25) is 0 Å². The molecule has 1 aromatic heterocycles. The highest BCUT2D eigenvalue weighted by molar-refractivity contribution is 9.11. The second-order valence-electron chi connectivity index (χ2n) is 4.62. The Labute approximate surface area is 135 Å². The van der Waals surface area contributed by atoms with Crippen molar-refractivity contribution >= 4 is 43.2 Å². The average molecular weight is 403 g/mol. The molecule has 1 heterocycles. The molecule has 0 aliphatic rings. The zero-order chi connectivity index (χ0) is 14.0. The summed E-state index contributed by atoms with van der Waals surface area (Å²) < 4.78 is 2.38. The van der Waals surface area contributed by atoms with Gasteiger partial charge < -0.3 is 5.32 Å². The summed E-state index contributed by atoms with van der Waals surface area (Å²) in [7, 11) is 0. The maximum Gasteiger partial charge on any atom is 0.0731 e. The topological polar surface area (TPSA) is 12.0 Å². The van der Waals surface area contributed by atoms with Crippen molar-refractivity contribution in [3.8, 4) is 0 Å². The second kappa shape index (κ2) is 6.53. The van der Waals surface area contributed by atoms with Crippen molar-refractivity contribution in [1.29, 1.82) is 0 Å². The molecule has 0 fully saturated rings. The quantitative estimate of drug-likeness (QED) is 0.702. The van der Waals surface area contributed by atoms with Crippen LogP contribution >= 0.6 is 43.2 Å². The molecule has 0 saturated heterocycles. The normalized spacial score (nSPS) is 12.7. The maximum absolute atomic E-state index is 3.68. The lowest BCUT2D eigenvalue weighted by Gasteiger charge is -2.19. The smallest absolute Gasteiger partial charge is 0.0731 e. The fourth-order valence-electron chi connectivity index (χ4n) is 2.08. The van der Waals surface area contributed by atoms with Crippen molar-refractivity contribution in [2.75, 3.05) is 6.54 Å². The monoisotopic (exact) mass is 401 g/mol. The van der Waals surface area contributed by atoms with Crippen molar-refractivity contribution < 1.29 is 0 Å². The first-order valence-corrected chi connectivity index (χ1v) is 8.68. The molecular weight excluding hydrogens is 386 g/mol. The molecule has 1 unspecified atom stereocenters. The minimum Gasteiger partial charge on any atom is -0.306 e. The average Bonchev–Trinajstić information content (AvgIpc) is 2.70. The highest BCUT2D eigenvalue weighted by atomic mass is 79.9. The number of hydrogen-bond donors (Lipinski definition) is 1. The number of rotatable bonds is 4. The van der Waals surface area contributed by atoms with Crippen LogP contribution in [0.2, 0.25) is 0 Å². The summed E-state index contributed by atoms with van der Waals surface area (Å²) in [6, 6.07) is 9.02. The van der Waals surface area contributed by atoms with E-state index in [0.29, 0.717) is 0 Å². The second-order valence-corrected chi connectivity index (χ2v) is 7.88. The molecule has 1 nitrogen and oxygen atoms in total. The maximum atomic E-state index is 3.68. The molecule has 0 bridgehead atoms. The standard InChI is InChI=1S/C15H17Br2NS/c1-4-18-14(13-8-10(3)15(17)19-13)11-7-9(2)5-6-12(11)16/h5-8,14,18H,4H2,1-3H3. The Bertz CT molecular complexity index is 558. The predicted octanol–water partition coefficient (Wildman–Crippen LogP) is 5.59. The fraction of sp³-hybridized carbons (Fsp3) is 0.333. The molecule has 0 radical (unpaired) electrons. The van der Waals surface area contributed by atoms with Crippen molar-refractivity contribution in [3.63, 3.8) is 0 Å². The Morgan fingerprint density at radius 3 is 2.53 bits per heavy atom. The molecule has 0 aliphatic carbocycles. The van der Waals surface area contributed by atoms with Gasteiger partial charge in [-0.2, -0.15) is 0 Å². The van der Waals surface area contributed by atoms with Crippen molar-refractivity contribution in [2.24, 2.45) is 0 Å². The van der Waals surface area contributed by atoms with Gasteiger partial charge in [0, 0.05) is 9.35 Å². The van der Waals surface area contributed by atoms with E-state index >= 15 is 0 Å². The number of thiophene rings is 1. The van der Waals surface area contributed by atoms with Crippen molar-refractivity contribution in [1.82, 2.24) is 5.32 Å². The molecule has 4 heteroatoms. The van der Waals surface area contributed by atoms with Crippen LogP contribution in [0.1, 0.15) is 34.5 Å². The molecule has 2 aromatic rings. The summed E-state index contributed by atoms with van der Waals surface area (Å²) in [4.78, 5) is 1.34. The van der Waals surface area contributed by atoms with Crippen LogP contribution in [0.3, 0.4) is 0 Å². The SMILES string of the molecule is CCNC(c1cc(C)c(Br)s1)c1cc(C)ccc1Br. The van der Waals surface area contributed by atoms with Gasteiger partial charge >= 0.3 is 0 Å². The minimum absolute atomic E-state index is 0.245. The Balaban J connectivity index is 2.47. The van der Waals surface area contributed by atoms with Gasteiger partial charge in [-0.25, -0.2) is 0 Å². The summed E-state index contributed by atoms with van der Waals surface area (Å²) in [5.74, 6) is 0. The Kier molecular flexibility index (Phi) is 5.23. The number of nitrogens with one attached hydrogen (secondary N) is 1. The molecule has 1 aromatic carbocycles. The minimum atomic E-state index is 0.245. The summed E-state index contributed by atoms with van der Waals surface area (Å²) in [6.07, 6.45) is 0. The highest BCUT2D eigenvalue weighted by Crippen LogP contribution is 2.36. The van der Waals surface area contributed by atoms with Gasteiger partial charge in [-0.1, -0.05) is 40.5 Å². The largest absolute Gasteiger partial charge is 0.306 e. The molecule has 19 heavy (non-hydrogen) atoms. The highest BCUT2D eigenvalue weighted by Gasteiger charge is 2.19. The molecular formula is C15H17Br2NS. The summed E-state index contributed by atoms with van der Waals surface area (Å²) >= 11 is 9.10. The van der Waals surface area contributed by atoms with Gasteiger partial charge in [-0.3, -0.25) is 0 Å². The molecule has 1 atom stereocenters. The Morgan fingerprint density at radius 2 is 1.95 bits per heavy atom. The summed E-state index contributed by atoms with van der Waals surface area (Å²) in [5.41, 5.74) is 3.88. The third-order valence-corrected chi connectivity index (χ3v) is 5.96. The summed E-state index contributed by atoms with van der Waals surface area (Å²) in [5, 5.41) is 3.58. The molecule has 2 rings (SSSR count). The molecule has 0 aliphatic heterocycles. The Hall–Kier alpha value is -0.160. The van der Waals surface area contributed by atoms with E-state index in [0.717, 1.165) is 11.0 Å². The first-order chi connectivity index (χ1) is 9.02. The van der Waals surface area contributed by atoms with E-state index in [4.69, 9.17) is 0 Å². The summed E-state index contributed by atoms with van der Waals surface area (Å²) in [6.45, 7) is 7.36. The van der Waals surface area contributed by atoms with Gasteiger partial charge in [-0.05, 0) is 59.6 Å². The Morgan fingerprint density at radius 1 is 1.21 bits per heavy atom. The molecule has 102 valence electrons. The number of benzene rings is 1. The third-order valence-electron chi connectivity index (χ3n) is 3.03. The van der Waals surface area contributed by atoms with E-state index in [2.05, 4.69) is 82.2 Å². The van der Waals surface area contributed by atoms with Crippen LogP contribution in [0.4, 0.5) is 0 Å². The van der Waals surface area contributed by atoms with Gasteiger partial charge in [0.1, 0.15) is 0 Å². The zero-order valence-electron chi connectivity index (χ0n) is 11.3. The van der Waals surface area contributed by atoms with Gasteiger partial charge in [0.05, 0.1) is 9.83 Å². The lowest BCUT2D eigenvalue weighted by atomic mass is 10.0. The van der Waals surface area contributed by atoms with E-state index in [9.17, 15) is 0 Å². The fourth-order valence-corrected chi connectivity index (χ4v) is 4.22. The van der Waals surface area contributed by atoms with Crippen molar-refractivity contribution in [3.05, 3.63) is 54.1 Å². The van der Waals surface area contributed by atoms with Crippen molar-refractivity contribution in [2.45, 2.75) is 26.8 Å². The van der Waals surface area contributed by atoms with Gasteiger partial charge in [0.25, 0.3) is 0 Å². The number of aryl methyl sites for hydroxylation is 2. The van der Waals surface area contributed by atoms with Crippen LogP contribution in [-0.2, 0) is 0 Å². The number of halogens is 2. The lowest BCUT2D eigenvalue weighted by Crippen LogP contribution is -2.21. The van der Waals surface area contributed by atoms with Crippen LogP contribution in [0, 0.1) is 13.8 Å². The molecule has 0 saturated carbocycles. The molecule has 0 amide bonds. The van der Waals surface area contributed by atoms with Crippen LogP contribution < -0.4 is 5.32 Å². The van der Waals surface area contributed by atoms with E-state index in [-0.39, 0.29) is 6.04 Å². The van der Waals surface area contributed by atoms with Crippen LogP contribution in [0.25, 0.3) is 0 Å².